The molecule has 0 atom stereocenters. The minimum atomic E-state index is -0.546. The van der Waals surface area contributed by atoms with Crippen molar-refractivity contribution < 1.29 is 13.9 Å². The van der Waals surface area contributed by atoms with E-state index in [9.17, 15) is 10.1 Å². The first-order chi connectivity index (χ1) is 15.1. The Morgan fingerprint density at radius 3 is 2.87 bits per heavy atom. The molecule has 0 aliphatic carbocycles. The zero-order valence-electron chi connectivity index (χ0n) is 16.3. The van der Waals surface area contributed by atoms with E-state index in [1.54, 1.807) is 36.4 Å². The molecule has 2 heterocycles. The van der Waals surface area contributed by atoms with Crippen LogP contribution >= 0.6 is 11.6 Å². The fourth-order valence-corrected chi connectivity index (χ4v) is 3.20. The standard InChI is InChI=1S/C24H16ClN3O3/c1-2-11-30-24(29)18-13-15(7-9-19(18)25)22-10-8-17(31-22)12-16(14-26)23-27-20-5-3-4-6-21(20)28-23/h2-10,12-13H,1,11H2,(H,27,28)/b16-12-. The number of ether oxygens (including phenoxy) is 1. The molecule has 2 aromatic heterocycles. The zero-order valence-corrected chi connectivity index (χ0v) is 17.0. The summed E-state index contributed by atoms with van der Waals surface area (Å²) in [5.74, 6) is 0.899. The molecule has 0 bridgehead atoms. The monoisotopic (exact) mass is 429 g/mol. The molecule has 0 saturated heterocycles. The summed E-state index contributed by atoms with van der Waals surface area (Å²) >= 11 is 6.14. The molecule has 0 spiro atoms. The van der Waals surface area contributed by atoms with E-state index in [2.05, 4.69) is 22.6 Å². The van der Waals surface area contributed by atoms with E-state index < -0.39 is 5.97 Å². The number of furan rings is 1. The molecule has 0 aliphatic rings. The van der Waals surface area contributed by atoms with Gasteiger partial charge in [-0.05, 0) is 42.5 Å². The van der Waals surface area contributed by atoms with Crippen molar-refractivity contribution >= 4 is 40.3 Å². The summed E-state index contributed by atoms with van der Waals surface area (Å²) in [4.78, 5) is 19.8. The van der Waals surface area contributed by atoms with Crippen molar-refractivity contribution in [2.75, 3.05) is 6.61 Å². The average Bonchev–Trinajstić information content (AvgIpc) is 3.43. The summed E-state index contributed by atoms with van der Waals surface area (Å²) in [6.45, 7) is 3.61. The van der Waals surface area contributed by atoms with Gasteiger partial charge in [-0.1, -0.05) is 36.4 Å². The molecule has 4 aromatic rings. The van der Waals surface area contributed by atoms with Gasteiger partial charge in [-0.15, -0.1) is 0 Å². The van der Waals surface area contributed by atoms with Crippen molar-refractivity contribution in [3.8, 4) is 17.4 Å². The Morgan fingerprint density at radius 2 is 2.10 bits per heavy atom. The number of aromatic amines is 1. The number of allylic oxidation sites excluding steroid dienone is 1. The van der Waals surface area contributed by atoms with Gasteiger partial charge >= 0.3 is 5.97 Å². The van der Waals surface area contributed by atoms with Gasteiger partial charge in [0, 0.05) is 11.6 Å². The number of fused-ring (bicyclic) bond motifs is 1. The van der Waals surface area contributed by atoms with Gasteiger partial charge in [-0.3, -0.25) is 0 Å². The van der Waals surface area contributed by atoms with Crippen LogP contribution in [0.2, 0.25) is 5.02 Å². The lowest BCUT2D eigenvalue weighted by atomic mass is 10.1. The molecule has 1 N–H and O–H groups in total. The molecular weight excluding hydrogens is 414 g/mol. The number of rotatable bonds is 6. The predicted molar refractivity (Wildman–Crippen MR) is 119 cm³/mol. The number of para-hydroxylation sites is 2. The number of nitriles is 1. The third kappa shape index (κ3) is 4.27. The molecule has 6 nitrogen and oxygen atoms in total. The van der Waals surface area contributed by atoms with Gasteiger partial charge in [0.2, 0.25) is 0 Å². The normalized spacial score (nSPS) is 11.3. The number of aromatic nitrogens is 2. The number of nitrogens with one attached hydrogen (secondary N) is 1. The van der Waals surface area contributed by atoms with E-state index in [1.165, 1.54) is 6.08 Å². The molecule has 2 aromatic carbocycles. The second kappa shape index (κ2) is 8.74. The SMILES string of the molecule is C=CCOC(=O)c1cc(-c2ccc(/C=C(/C#N)c3nc4ccccc4[nH]3)o2)ccc1Cl. The lowest BCUT2D eigenvalue weighted by Crippen LogP contribution is -2.05. The Hall–Kier alpha value is -4.08. The van der Waals surface area contributed by atoms with Gasteiger partial charge in [0.1, 0.15) is 30.0 Å². The summed E-state index contributed by atoms with van der Waals surface area (Å²) in [7, 11) is 0. The largest absolute Gasteiger partial charge is 0.458 e. The highest BCUT2D eigenvalue weighted by Gasteiger charge is 2.15. The molecule has 0 radical (unpaired) electrons. The molecule has 31 heavy (non-hydrogen) atoms. The van der Waals surface area contributed by atoms with E-state index in [0.717, 1.165) is 11.0 Å². The Morgan fingerprint density at radius 1 is 1.26 bits per heavy atom. The van der Waals surface area contributed by atoms with Gasteiger partial charge in [-0.2, -0.15) is 5.26 Å². The second-order valence-electron chi connectivity index (χ2n) is 6.56. The van der Waals surface area contributed by atoms with Gasteiger partial charge in [0.05, 0.1) is 27.2 Å². The number of imidazole rings is 1. The maximum atomic E-state index is 12.2. The fraction of sp³-hybridized carbons (Fsp3) is 0.0417. The van der Waals surface area contributed by atoms with Crippen LogP contribution in [0.1, 0.15) is 21.9 Å². The predicted octanol–water partition coefficient (Wildman–Crippen LogP) is 5.88. The molecule has 4 rings (SSSR count). The lowest BCUT2D eigenvalue weighted by Gasteiger charge is -2.06. The number of halogens is 1. The summed E-state index contributed by atoms with van der Waals surface area (Å²) in [5.41, 5.74) is 2.83. The summed E-state index contributed by atoms with van der Waals surface area (Å²) in [6, 6.07) is 18.1. The van der Waals surface area contributed by atoms with Crippen LogP contribution in [0.3, 0.4) is 0 Å². The van der Waals surface area contributed by atoms with Gasteiger partial charge in [0.25, 0.3) is 0 Å². The first-order valence-corrected chi connectivity index (χ1v) is 9.71. The van der Waals surface area contributed by atoms with Gasteiger partial charge in [0.15, 0.2) is 0 Å². The van der Waals surface area contributed by atoms with Gasteiger partial charge in [-0.25, -0.2) is 9.78 Å². The van der Waals surface area contributed by atoms with Crippen LogP contribution in [0.15, 0.2) is 71.7 Å². The van der Waals surface area contributed by atoms with Crippen LogP contribution in [0.5, 0.6) is 0 Å². The maximum Gasteiger partial charge on any atom is 0.339 e. The number of H-pyrrole nitrogens is 1. The summed E-state index contributed by atoms with van der Waals surface area (Å²) in [6.07, 6.45) is 3.09. The number of nitrogens with zero attached hydrogens (tertiary/aromatic N) is 2. The highest BCUT2D eigenvalue weighted by Crippen LogP contribution is 2.29. The quantitative estimate of drug-likeness (QED) is 0.234. The highest BCUT2D eigenvalue weighted by atomic mass is 35.5. The van der Waals surface area contributed by atoms with Crippen LogP contribution in [-0.4, -0.2) is 22.5 Å². The number of hydrogen-bond donors (Lipinski definition) is 1. The molecule has 152 valence electrons. The number of carbonyl (C=O) groups excluding carboxylic acids is 1. The van der Waals surface area contributed by atoms with Crippen LogP contribution in [0, 0.1) is 11.3 Å². The van der Waals surface area contributed by atoms with E-state index in [1.807, 2.05) is 24.3 Å². The smallest absolute Gasteiger partial charge is 0.339 e. The third-order valence-corrected chi connectivity index (χ3v) is 4.81. The molecule has 0 aliphatic heterocycles. The molecular formula is C24H16ClN3O3. The number of hydrogen-bond acceptors (Lipinski definition) is 5. The first-order valence-electron chi connectivity index (χ1n) is 9.33. The van der Waals surface area contributed by atoms with Crippen molar-refractivity contribution in [2.45, 2.75) is 0 Å². The van der Waals surface area contributed by atoms with E-state index in [0.29, 0.717) is 28.5 Å². The topological polar surface area (TPSA) is 91.9 Å². The lowest BCUT2D eigenvalue weighted by molar-refractivity contribution is 0.0550. The molecule has 0 amide bonds. The molecule has 7 heteroatoms. The van der Waals surface area contributed by atoms with Crippen molar-refractivity contribution in [1.29, 1.82) is 5.26 Å². The number of benzene rings is 2. The molecule has 0 saturated carbocycles. The maximum absolute atomic E-state index is 12.2. The van der Waals surface area contributed by atoms with Crippen LogP contribution in [0.25, 0.3) is 34.0 Å². The summed E-state index contributed by atoms with van der Waals surface area (Å²) < 4.78 is 10.9. The van der Waals surface area contributed by atoms with E-state index >= 15 is 0 Å². The summed E-state index contributed by atoms with van der Waals surface area (Å²) in [5, 5.41) is 9.87. The average molecular weight is 430 g/mol. The Bertz CT molecular complexity index is 1320. The Labute approximate surface area is 183 Å². The second-order valence-corrected chi connectivity index (χ2v) is 6.96. The van der Waals surface area contributed by atoms with Crippen molar-refractivity contribution in [1.82, 2.24) is 9.97 Å². The van der Waals surface area contributed by atoms with Gasteiger partial charge < -0.3 is 14.1 Å². The highest BCUT2D eigenvalue weighted by molar-refractivity contribution is 6.33. The Balaban J connectivity index is 1.64. The number of carbonyl (C=O) groups is 1. The van der Waals surface area contributed by atoms with Crippen LogP contribution in [-0.2, 0) is 4.74 Å². The first kappa shape index (κ1) is 20.2. The van der Waals surface area contributed by atoms with Crippen LogP contribution < -0.4 is 0 Å². The van der Waals surface area contributed by atoms with Crippen molar-refractivity contribution in [3.05, 3.63) is 89.4 Å². The minimum absolute atomic E-state index is 0.0911. The fourth-order valence-electron chi connectivity index (χ4n) is 3.01. The number of esters is 1. The van der Waals surface area contributed by atoms with Crippen molar-refractivity contribution in [2.24, 2.45) is 0 Å². The zero-order chi connectivity index (χ0) is 21.8. The van der Waals surface area contributed by atoms with E-state index in [4.69, 9.17) is 20.8 Å². The minimum Gasteiger partial charge on any atom is -0.458 e. The molecule has 0 fully saturated rings. The van der Waals surface area contributed by atoms with E-state index in [-0.39, 0.29) is 17.2 Å². The third-order valence-electron chi connectivity index (χ3n) is 4.48. The van der Waals surface area contributed by atoms with Crippen LogP contribution in [0.4, 0.5) is 0 Å². The van der Waals surface area contributed by atoms with Crippen molar-refractivity contribution in [3.63, 3.8) is 0 Å². The Kier molecular flexibility index (Phi) is 5.69. The molecule has 0 unspecified atom stereocenters.